The van der Waals surface area contributed by atoms with E-state index in [0.717, 1.165) is 22.7 Å². The molecule has 1 atom stereocenters. The third-order valence-corrected chi connectivity index (χ3v) is 5.61. The molecule has 8 heteroatoms. The fourth-order valence-electron chi connectivity index (χ4n) is 3.85. The molecule has 0 spiro atoms. The van der Waals surface area contributed by atoms with E-state index in [1.807, 2.05) is 69.3 Å². The van der Waals surface area contributed by atoms with Gasteiger partial charge in [-0.05, 0) is 62.7 Å². The molecule has 192 valence electrons. The lowest BCUT2D eigenvalue weighted by atomic mass is 10.1. The number of carbonyl (C=O) groups excluding carboxylic acids is 1. The fraction of sp³-hybridized carbons (Fsp3) is 0.519. The van der Waals surface area contributed by atoms with Crippen LogP contribution in [0.3, 0.4) is 0 Å². The molecule has 1 aliphatic rings. The van der Waals surface area contributed by atoms with Gasteiger partial charge in [-0.15, -0.1) is 0 Å². The number of methoxy groups -OCH3 is 1. The van der Waals surface area contributed by atoms with Crippen LogP contribution in [0.15, 0.2) is 48.5 Å². The van der Waals surface area contributed by atoms with Crippen molar-refractivity contribution in [3.8, 4) is 11.5 Å². The summed E-state index contributed by atoms with van der Waals surface area (Å²) >= 11 is 0. The Labute approximate surface area is 208 Å². The van der Waals surface area contributed by atoms with Gasteiger partial charge in [0.2, 0.25) is 0 Å². The number of aliphatic hydroxyl groups excluding tert-OH is 1. The molecule has 2 aromatic rings. The van der Waals surface area contributed by atoms with Gasteiger partial charge in [0.05, 0.1) is 33.0 Å². The molecule has 1 aliphatic heterocycles. The van der Waals surface area contributed by atoms with Gasteiger partial charge in [0.25, 0.3) is 0 Å². The lowest BCUT2D eigenvalue weighted by Gasteiger charge is -2.42. The Bertz CT molecular complexity index is 911. The predicted octanol–water partition coefficient (Wildman–Crippen LogP) is 4.10. The minimum Gasteiger partial charge on any atom is -0.497 e. The van der Waals surface area contributed by atoms with Gasteiger partial charge in [-0.2, -0.15) is 0 Å². The van der Waals surface area contributed by atoms with Crippen molar-refractivity contribution in [1.82, 2.24) is 4.90 Å². The molecule has 0 aliphatic carbocycles. The normalized spacial score (nSPS) is 16.2. The van der Waals surface area contributed by atoms with Gasteiger partial charge >= 0.3 is 6.09 Å². The Morgan fingerprint density at radius 3 is 2.34 bits per heavy atom. The van der Waals surface area contributed by atoms with Gasteiger partial charge in [-0.1, -0.05) is 12.1 Å². The summed E-state index contributed by atoms with van der Waals surface area (Å²) in [6.07, 6.45) is 0.298. The number of anilines is 1. The molecule has 1 N–H and O–H groups in total. The number of aliphatic hydroxyl groups is 1. The zero-order valence-electron chi connectivity index (χ0n) is 21.2. The molecule has 0 aromatic heterocycles. The third kappa shape index (κ3) is 8.33. The highest BCUT2D eigenvalue weighted by Gasteiger charge is 2.32. The highest BCUT2D eigenvalue weighted by molar-refractivity contribution is 5.69. The number of amides is 1. The number of piperazine rings is 1. The van der Waals surface area contributed by atoms with Crippen molar-refractivity contribution in [3.05, 3.63) is 54.1 Å². The summed E-state index contributed by atoms with van der Waals surface area (Å²) in [7, 11) is 1.65. The number of nitrogens with zero attached hydrogens (tertiary/aromatic N) is 2. The summed E-state index contributed by atoms with van der Waals surface area (Å²) in [5.41, 5.74) is 1.56. The Morgan fingerprint density at radius 2 is 1.71 bits per heavy atom. The van der Waals surface area contributed by atoms with Crippen LogP contribution >= 0.6 is 0 Å². The second-order valence-corrected chi connectivity index (χ2v) is 9.56. The number of hydrogen-bond acceptors (Lipinski definition) is 7. The van der Waals surface area contributed by atoms with Crippen molar-refractivity contribution >= 4 is 11.8 Å². The lowest BCUT2D eigenvalue weighted by Crippen LogP contribution is -2.57. The summed E-state index contributed by atoms with van der Waals surface area (Å²) in [5.74, 6) is 1.57. The maximum atomic E-state index is 12.7. The maximum absolute atomic E-state index is 12.7. The monoisotopic (exact) mass is 486 g/mol. The van der Waals surface area contributed by atoms with Crippen LogP contribution in [0.2, 0.25) is 0 Å². The second kappa shape index (κ2) is 12.7. The van der Waals surface area contributed by atoms with E-state index >= 15 is 0 Å². The van der Waals surface area contributed by atoms with Crippen LogP contribution in [0.4, 0.5) is 10.5 Å². The predicted molar refractivity (Wildman–Crippen MR) is 135 cm³/mol. The first-order valence-electron chi connectivity index (χ1n) is 12.1. The van der Waals surface area contributed by atoms with E-state index in [1.54, 1.807) is 12.0 Å². The van der Waals surface area contributed by atoms with E-state index in [1.165, 1.54) is 0 Å². The fourth-order valence-corrected chi connectivity index (χ4v) is 3.85. The molecule has 0 radical (unpaired) electrons. The highest BCUT2D eigenvalue weighted by atomic mass is 16.6. The average Bonchev–Trinajstić information content (AvgIpc) is 2.84. The highest BCUT2D eigenvalue weighted by Crippen LogP contribution is 2.25. The number of ether oxygens (including phenoxy) is 4. The Hall–Kier alpha value is -2.97. The smallest absolute Gasteiger partial charge is 0.410 e. The summed E-state index contributed by atoms with van der Waals surface area (Å²) in [6, 6.07) is 15.7. The van der Waals surface area contributed by atoms with Crippen LogP contribution in [0, 0.1) is 0 Å². The summed E-state index contributed by atoms with van der Waals surface area (Å²) in [6.45, 7) is 8.89. The summed E-state index contributed by atoms with van der Waals surface area (Å²) in [5, 5.41) is 8.94. The molecule has 2 aromatic carbocycles. The van der Waals surface area contributed by atoms with E-state index in [4.69, 9.17) is 24.1 Å². The van der Waals surface area contributed by atoms with Crippen molar-refractivity contribution in [2.75, 3.05) is 51.5 Å². The molecule has 35 heavy (non-hydrogen) atoms. The van der Waals surface area contributed by atoms with E-state index < -0.39 is 5.60 Å². The van der Waals surface area contributed by atoms with Crippen molar-refractivity contribution in [2.24, 2.45) is 0 Å². The van der Waals surface area contributed by atoms with Gasteiger partial charge in [0.1, 0.15) is 17.1 Å². The molecule has 8 nitrogen and oxygen atoms in total. The van der Waals surface area contributed by atoms with Gasteiger partial charge in [0, 0.05) is 38.3 Å². The zero-order valence-corrected chi connectivity index (χ0v) is 21.2. The Balaban J connectivity index is 1.67. The maximum Gasteiger partial charge on any atom is 0.410 e. The van der Waals surface area contributed by atoms with E-state index in [-0.39, 0.29) is 18.7 Å². The van der Waals surface area contributed by atoms with E-state index in [9.17, 15) is 4.79 Å². The first-order valence-corrected chi connectivity index (χ1v) is 12.1. The minimum absolute atomic E-state index is 0.0318. The standard InChI is InChI=1S/C27H38N2O6/c1-27(2,3)35-26(31)28-14-15-29(22-8-12-25(13-9-22)34-17-5-16-30)23(18-28)20-33-19-21-6-10-24(32-4)11-7-21/h6-13,23,30H,5,14-20H2,1-4H3/t23-/m1/s1. The molecule has 1 fully saturated rings. The molecule has 1 saturated heterocycles. The SMILES string of the molecule is COc1ccc(COC[C@H]2CN(C(=O)OC(C)(C)C)CCN2c2ccc(OCCCO)cc2)cc1. The number of carbonyl (C=O) groups is 1. The molecule has 1 heterocycles. The number of hydrogen-bond donors (Lipinski definition) is 1. The zero-order chi connectivity index (χ0) is 25.3. The quantitative estimate of drug-likeness (QED) is 0.507. The molecule has 0 unspecified atom stereocenters. The van der Waals surface area contributed by atoms with Crippen molar-refractivity contribution < 1.29 is 28.8 Å². The van der Waals surface area contributed by atoms with Crippen LogP contribution in [0.5, 0.6) is 11.5 Å². The summed E-state index contributed by atoms with van der Waals surface area (Å²) < 4.78 is 22.6. The number of rotatable bonds is 10. The van der Waals surface area contributed by atoms with Gasteiger partial charge in [-0.25, -0.2) is 4.79 Å². The first kappa shape index (κ1) is 26.6. The van der Waals surface area contributed by atoms with Crippen molar-refractivity contribution in [3.63, 3.8) is 0 Å². The Morgan fingerprint density at radius 1 is 1.03 bits per heavy atom. The van der Waals surface area contributed by atoms with Crippen LogP contribution < -0.4 is 14.4 Å². The lowest BCUT2D eigenvalue weighted by molar-refractivity contribution is 0.0162. The summed E-state index contributed by atoms with van der Waals surface area (Å²) in [4.78, 5) is 16.8. The first-order chi connectivity index (χ1) is 16.8. The van der Waals surface area contributed by atoms with E-state index in [2.05, 4.69) is 4.90 Å². The van der Waals surface area contributed by atoms with Crippen LogP contribution in [-0.4, -0.2) is 74.3 Å². The molecule has 3 rings (SSSR count). The average molecular weight is 487 g/mol. The Kier molecular flexibility index (Phi) is 9.63. The second-order valence-electron chi connectivity index (χ2n) is 9.56. The third-order valence-electron chi connectivity index (χ3n) is 5.61. The van der Waals surface area contributed by atoms with E-state index in [0.29, 0.717) is 45.9 Å². The van der Waals surface area contributed by atoms with Crippen LogP contribution in [0.1, 0.15) is 32.8 Å². The van der Waals surface area contributed by atoms with Crippen molar-refractivity contribution in [1.29, 1.82) is 0 Å². The molecular formula is C27H38N2O6. The van der Waals surface area contributed by atoms with Crippen LogP contribution in [0.25, 0.3) is 0 Å². The van der Waals surface area contributed by atoms with Gasteiger partial charge in [-0.3, -0.25) is 0 Å². The molecule has 1 amide bonds. The molecular weight excluding hydrogens is 448 g/mol. The number of benzene rings is 2. The van der Waals surface area contributed by atoms with Crippen LogP contribution in [-0.2, 0) is 16.1 Å². The molecule has 0 saturated carbocycles. The van der Waals surface area contributed by atoms with Crippen molar-refractivity contribution in [2.45, 2.75) is 45.4 Å². The van der Waals surface area contributed by atoms with Gasteiger partial charge < -0.3 is 33.9 Å². The largest absolute Gasteiger partial charge is 0.497 e. The minimum atomic E-state index is -0.541. The molecule has 0 bridgehead atoms. The topological polar surface area (TPSA) is 80.7 Å². The van der Waals surface area contributed by atoms with Gasteiger partial charge in [0.15, 0.2) is 0 Å².